The second-order valence-electron chi connectivity index (χ2n) is 5.43. The number of anilines is 1. The van der Waals surface area contributed by atoms with Gasteiger partial charge in [0.05, 0.1) is 4.90 Å². The Labute approximate surface area is 125 Å². The van der Waals surface area contributed by atoms with E-state index >= 15 is 0 Å². The Bertz CT molecular complexity index is 556. The molecule has 0 aromatic heterocycles. The van der Waals surface area contributed by atoms with Crippen molar-refractivity contribution in [2.75, 3.05) is 5.73 Å². The van der Waals surface area contributed by atoms with Crippen molar-refractivity contribution in [1.82, 2.24) is 4.72 Å². The molecule has 1 aromatic carbocycles. The van der Waals surface area contributed by atoms with Crippen LogP contribution < -0.4 is 10.5 Å². The number of rotatable bonds is 3. The number of nitrogens with one attached hydrogen (secondary N) is 1. The lowest BCUT2D eigenvalue weighted by Crippen LogP contribution is -2.34. The van der Waals surface area contributed by atoms with E-state index in [1.807, 2.05) is 0 Å². The number of hydrogen-bond donors (Lipinski definition) is 2. The van der Waals surface area contributed by atoms with E-state index in [1.54, 1.807) is 6.92 Å². The first-order valence-corrected chi connectivity index (χ1v) is 8.84. The zero-order chi connectivity index (χ0) is 14.8. The summed E-state index contributed by atoms with van der Waals surface area (Å²) >= 11 is 6.02. The first kappa shape index (κ1) is 15.6. The molecule has 0 heterocycles. The Morgan fingerprint density at radius 1 is 1.20 bits per heavy atom. The van der Waals surface area contributed by atoms with Crippen LogP contribution in [0.25, 0.3) is 0 Å². The molecule has 4 nitrogen and oxygen atoms in total. The predicted molar refractivity (Wildman–Crippen MR) is 82.4 cm³/mol. The molecule has 1 fully saturated rings. The topological polar surface area (TPSA) is 72.2 Å². The van der Waals surface area contributed by atoms with Gasteiger partial charge in [-0.1, -0.05) is 37.3 Å². The average Bonchev–Trinajstić information content (AvgIpc) is 2.63. The first-order valence-electron chi connectivity index (χ1n) is 6.98. The van der Waals surface area contributed by atoms with Gasteiger partial charge in [0.1, 0.15) is 0 Å². The monoisotopic (exact) mass is 316 g/mol. The van der Waals surface area contributed by atoms with E-state index in [1.165, 1.54) is 25.0 Å². The minimum Gasteiger partial charge on any atom is -0.398 e. The fourth-order valence-electron chi connectivity index (χ4n) is 2.51. The summed E-state index contributed by atoms with van der Waals surface area (Å²) in [5.41, 5.74) is 6.91. The molecule has 6 heteroatoms. The largest absolute Gasteiger partial charge is 0.398 e. The predicted octanol–water partition coefficient (Wildman–Crippen LogP) is 3.23. The second kappa shape index (κ2) is 6.33. The molecule has 0 amide bonds. The smallest absolute Gasteiger partial charge is 0.240 e. The highest BCUT2D eigenvalue weighted by Gasteiger charge is 2.22. The van der Waals surface area contributed by atoms with Crippen molar-refractivity contribution in [3.63, 3.8) is 0 Å². The lowest BCUT2D eigenvalue weighted by atomic mass is 10.1. The molecule has 1 saturated carbocycles. The van der Waals surface area contributed by atoms with Gasteiger partial charge in [-0.15, -0.1) is 0 Å². The van der Waals surface area contributed by atoms with Crippen LogP contribution in [0, 0.1) is 6.92 Å². The number of sulfonamides is 1. The number of nitrogens with two attached hydrogens (primary N) is 1. The van der Waals surface area contributed by atoms with Gasteiger partial charge < -0.3 is 5.73 Å². The van der Waals surface area contributed by atoms with Crippen molar-refractivity contribution in [3.8, 4) is 0 Å². The third kappa shape index (κ3) is 3.65. The van der Waals surface area contributed by atoms with E-state index in [0.29, 0.717) is 16.3 Å². The number of hydrogen-bond acceptors (Lipinski definition) is 3. The van der Waals surface area contributed by atoms with Crippen molar-refractivity contribution in [3.05, 3.63) is 22.7 Å². The van der Waals surface area contributed by atoms with Crippen molar-refractivity contribution in [2.45, 2.75) is 56.4 Å². The number of benzene rings is 1. The zero-order valence-corrected chi connectivity index (χ0v) is 13.2. The Hall–Kier alpha value is -0.780. The quantitative estimate of drug-likeness (QED) is 0.664. The number of nitrogen functional groups attached to an aromatic ring is 1. The Balaban J connectivity index is 2.21. The highest BCUT2D eigenvalue weighted by Crippen LogP contribution is 2.27. The van der Waals surface area contributed by atoms with Gasteiger partial charge in [0.2, 0.25) is 10.0 Å². The molecular formula is C14H21ClN2O2S. The van der Waals surface area contributed by atoms with Crippen molar-refractivity contribution in [2.24, 2.45) is 0 Å². The SMILES string of the molecule is Cc1c(N)cc(S(=O)(=O)NC2CCCCCC2)cc1Cl. The van der Waals surface area contributed by atoms with E-state index in [0.717, 1.165) is 25.7 Å². The minimum absolute atomic E-state index is 0.0174. The fourth-order valence-corrected chi connectivity index (χ4v) is 4.17. The van der Waals surface area contributed by atoms with Crippen LogP contribution in [-0.4, -0.2) is 14.5 Å². The minimum atomic E-state index is -3.55. The molecule has 0 atom stereocenters. The third-order valence-electron chi connectivity index (χ3n) is 3.85. The van der Waals surface area contributed by atoms with Crippen LogP contribution in [0.15, 0.2) is 17.0 Å². The van der Waals surface area contributed by atoms with Crippen LogP contribution >= 0.6 is 11.6 Å². The van der Waals surface area contributed by atoms with Crippen molar-refractivity contribution in [1.29, 1.82) is 0 Å². The van der Waals surface area contributed by atoms with Crippen LogP contribution in [0.5, 0.6) is 0 Å². The molecule has 3 N–H and O–H groups in total. The second-order valence-corrected chi connectivity index (χ2v) is 7.55. The molecule has 0 radical (unpaired) electrons. The first-order chi connectivity index (χ1) is 9.40. The van der Waals surface area contributed by atoms with Gasteiger partial charge in [0.25, 0.3) is 0 Å². The van der Waals surface area contributed by atoms with Crippen molar-refractivity contribution >= 4 is 27.3 Å². The van der Waals surface area contributed by atoms with E-state index in [9.17, 15) is 8.42 Å². The molecule has 0 saturated heterocycles. The Morgan fingerprint density at radius 2 is 1.80 bits per heavy atom. The van der Waals surface area contributed by atoms with Gasteiger partial charge in [-0.3, -0.25) is 0 Å². The van der Waals surface area contributed by atoms with Crippen LogP contribution in [0.3, 0.4) is 0 Å². The van der Waals surface area contributed by atoms with E-state index in [2.05, 4.69) is 4.72 Å². The molecule has 0 bridgehead atoms. The summed E-state index contributed by atoms with van der Waals surface area (Å²) in [5, 5.41) is 0.381. The highest BCUT2D eigenvalue weighted by atomic mass is 35.5. The molecule has 112 valence electrons. The molecular weight excluding hydrogens is 296 g/mol. The normalized spacial score (nSPS) is 17.9. The summed E-state index contributed by atoms with van der Waals surface area (Å²) in [6.45, 7) is 1.77. The van der Waals surface area contributed by atoms with Crippen LogP contribution in [0.2, 0.25) is 5.02 Å². The lowest BCUT2D eigenvalue weighted by Gasteiger charge is -2.17. The summed E-state index contributed by atoms with van der Waals surface area (Å²) in [6, 6.07) is 2.95. The van der Waals surface area contributed by atoms with Crippen LogP contribution in [-0.2, 0) is 10.0 Å². The molecule has 0 aliphatic heterocycles. The summed E-state index contributed by atoms with van der Waals surface area (Å²) in [4.78, 5) is 0.148. The van der Waals surface area contributed by atoms with Gasteiger partial charge in [-0.05, 0) is 37.5 Å². The van der Waals surface area contributed by atoms with Gasteiger partial charge >= 0.3 is 0 Å². The van der Waals surface area contributed by atoms with E-state index in [-0.39, 0.29) is 10.9 Å². The fraction of sp³-hybridized carbons (Fsp3) is 0.571. The maximum Gasteiger partial charge on any atom is 0.240 e. The molecule has 0 spiro atoms. The maximum absolute atomic E-state index is 12.4. The summed E-state index contributed by atoms with van der Waals surface area (Å²) in [5.74, 6) is 0. The molecule has 1 aliphatic carbocycles. The molecule has 1 aromatic rings. The Kier molecular flexibility index (Phi) is 4.94. The highest BCUT2D eigenvalue weighted by molar-refractivity contribution is 7.89. The molecule has 1 aliphatic rings. The average molecular weight is 317 g/mol. The third-order valence-corrected chi connectivity index (χ3v) is 5.74. The lowest BCUT2D eigenvalue weighted by molar-refractivity contribution is 0.510. The van der Waals surface area contributed by atoms with Crippen LogP contribution in [0.1, 0.15) is 44.1 Å². The Morgan fingerprint density at radius 3 is 2.35 bits per heavy atom. The number of halogens is 1. The summed E-state index contributed by atoms with van der Waals surface area (Å²) in [7, 11) is -3.55. The molecule has 0 unspecified atom stereocenters. The van der Waals surface area contributed by atoms with Gasteiger partial charge in [0, 0.05) is 16.8 Å². The van der Waals surface area contributed by atoms with Gasteiger partial charge in [-0.2, -0.15) is 0 Å². The summed E-state index contributed by atoms with van der Waals surface area (Å²) in [6.07, 6.45) is 6.31. The van der Waals surface area contributed by atoms with E-state index < -0.39 is 10.0 Å². The zero-order valence-electron chi connectivity index (χ0n) is 11.7. The van der Waals surface area contributed by atoms with Gasteiger partial charge in [-0.25, -0.2) is 13.1 Å². The van der Waals surface area contributed by atoms with E-state index in [4.69, 9.17) is 17.3 Å². The van der Waals surface area contributed by atoms with Gasteiger partial charge in [0.15, 0.2) is 0 Å². The standard InChI is InChI=1S/C14H21ClN2O2S/c1-10-13(15)8-12(9-14(10)16)20(18,19)17-11-6-4-2-3-5-7-11/h8-9,11,17H,2-7,16H2,1H3. The maximum atomic E-state index is 12.4. The van der Waals surface area contributed by atoms with Crippen molar-refractivity contribution < 1.29 is 8.42 Å². The molecule has 2 rings (SSSR count). The summed E-state index contributed by atoms with van der Waals surface area (Å²) < 4.78 is 27.6. The van der Waals surface area contributed by atoms with Crippen LogP contribution in [0.4, 0.5) is 5.69 Å². The molecule has 20 heavy (non-hydrogen) atoms.